The summed E-state index contributed by atoms with van der Waals surface area (Å²) in [4.78, 5) is 0. The molecule has 0 bridgehead atoms. The second-order valence-corrected chi connectivity index (χ2v) is 27.4. The molecule has 123 valence electrons. The summed E-state index contributed by atoms with van der Waals surface area (Å²) in [5.74, 6) is 0. The Balaban J connectivity index is 2.34. The zero-order chi connectivity index (χ0) is 17.1. The van der Waals surface area contributed by atoms with Crippen LogP contribution in [0.1, 0.15) is 34.6 Å². The summed E-state index contributed by atoms with van der Waals surface area (Å²) in [6.45, 7) is 12.0. The molecule has 0 spiro atoms. The topological polar surface area (TPSA) is 0 Å². The summed E-state index contributed by atoms with van der Waals surface area (Å²) < 4.78 is 6.93. The summed E-state index contributed by atoms with van der Waals surface area (Å²) in [6, 6.07) is 0. The first-order valence-electron chi connectivity index (χ1n) is 8.91. The molecule has 0 N–H and O–H groups in total. The fourth-order valence-electron chi connectivity index (χ4n) is 5.71. The first-order valence-corrected chi connectivity index (χ1v) is 17.9. The van der Waals surface area contributed by atoms with Crippen molar-refractivity contribution in [2.75, 3.05) is 0 Å². The van der Waals surface area contributed by atoms with Gasteiger partial charge in [0, 0.05) is 0 Å². The monoisotopic (exact) mass is 385 g/mol. The van der Waals surface area contributed by atoms with Crippen LogP contribution in [-0.4, -0.2) is 0 Å². The third-order valence-electron chi connectivity index (χ3n) is 8.31. The first-order chi connectivity index (χ1) is 10.7. The van der Waals surface area contributed by atoms with E-state index in [4.69, 9.17) is 0 Å². The van der Waals surface area contributed by atoms with Crippen LogP contribution in [0.3, 0.4) is 0 Å². The van der Waals surface area contributed by atoms with Gasteiger partial charge in [-0.1, -0.05) is 0 Å². The van der Waals surface area contributed by atoms with Crippen molar-refractivity contribution in [3.8, 4) is 0 Å². The van der Waals surface area contributed by atoms with E-state index < -0.39 is 18.8 Å². The van der Waals surface area contributed by atoms with Gasteiger partial charge in [0.2, 0.25) is 0 Å². The van der Waals surface area contributed by atoms with Crippen LogP contribution in [0.5, 0.6) is 0 Å². The maximum atomic E-state index is 2.72. The number of allylic oxidation sites excluding steroid dienone is 12. The van der Waals surface area contributed by atoms with E-state index in [-0.39, 0.29) is 3.12 Å². The van der Waals surface area contributed by atoms with Crippen molar-refractivity contribution in [3.63, 3.8) is 0 Å². The molecule has 0 saturated carbocycles. The van der Waals surface area contributed by atoms with E-state index >= 15 is 0 Å². The van der Waals surface area contributed by atoms with Gasteiger partial charge in [0.15, 0.2) is 0 Å². The summed E-state index contributed by atoms with van der Waals surface area (Å²) >= 11 is -3.40. The molecule has 0 fully saturated rings. The standard InChI is InChI=1S/C10H15.2C5H5.2CH3.Zr/c1-6-7(2)9(4)10(5)8(6)3;2*1-2-4-5-3-1;;;/h1-5H3;2*1-5H;2*1H3;. The van der Waals surface area contributed by atoms with Gasteiger partial charge >= 0.3 is 144 Å². The van der Waals surface area contributed by atoms with Crippen molar-refractivity contribution in [1.29, 1.82) is 0 Å². The Kier molecular flexibility index (Phi) is 3.85. The molecule has 3 aliphatic carbocycles. The molecule has 1 heteroatoms. The molecular formula is C22H31Zr. The SMILES string of the molecule is CC1=C(C)[C](C)([Zr]([CH3])([CH3])([CH]2C=CC=C2)[CH]2C=CC=C2)C(C)=C1C. The molecule has 0 saturated heterocycles. The summed E-state index contributed by atoms with van der Waals surface area (Å²) in [7, 11) is 0. The molecule has 0 amide bonds. The molecule has 0 atom stereocenters. The minimum absolute atomic E-state index is 0.239. The molecule has 0 aromatic heterocycles. The van der Waals surface area contributed by atoms with Crippen LogP contribution in [0.15, 0.2) is 70.9 Å². The van der Waals surface area contributed by atoms with Crippen LogP contribution in [-0.2, 0) is 18.8 Å². The van der Waals surface area contributed by atoms with E-state index in [1.54, 1.807) is 11.1 Å². The summed E-state index contributed by atoms with van der Waals surface area (Å²) in [5.41, 5.74) is 6.33. The van der Waals surface area contributed by atoms with Crippen LogP contribution in [0, 0.1) is 0 Å². The van der Waals surface area contributed by atoms with Gasteiger partial charge in [0.1, 0.15) is 0 Å². The Labute approximate surface area is 143 Å². The van der Waals surface area contributed by atoms with Crippen LogP contribution in [0.4, 0.5) is 0 Å². The Morgan fingerprint density at radius 2 is 1.00 bits per heavy atom. The fourth-order valence-corrected chi connectivity index (χ4v) is 23.7. The molecule has 0 aromatic carbocycles. The second-order valence-electron chi connectivity index (χ2n) is 8.83. The fraction of sp³-hybridized carbons (Fsp3) is 0.455. The average molecular weight is 387 g/mol. The molecule has 3 rings (SSSR count). The third-order valence-corrected chi connectivity index (χ3v) is 29.9. The minimum atomic E-state index is -3.40. The zero-order valence-corrected chi connectivity index (χ0v) is 18.2. The summed E-state index contributed by atoms with van der Waals surface area (Å²) in [5, 5.41) is 0. The van der Waals surface area contributed by atoms with Crippen molar-refractivity contribution in [2.24, 2.45) is 0 Å². The van der Waals surface area contributed by atoms with Crippen LogP contribution in [0.2, 0.25) is 19.6 Å². The van der Waals surface area contributed by atoms with Gasteiger partial charge in [0.05, 0.1) is 0 Å². The van der Waals surface area contributed by atoms with E-state index in [1.165, 1.54) is 11.1 Å². The quantitative estimate of drug-likeness (QED) is 0.472. The van der Waals surface area contributed by atoms with Gasteiger partial charge < -0.3 is 0 Å². The van der Waals surface area contributed by atoms with Crippen molar-refractivity contribution in [3.05, 3.63) is 70.9 Å². The van der Waals surface area contributed by atoms with E-state index in [9.17, 15) is 0 Å². The molecule has 0 radical (unpaired) electrons. The van der Waals surface area contributed by atoms with Gasteiger partial charge in [-0.3, -0.25) is 0 Å². The molecular weight excluding hydrogens is 355 g/mol. The van der Waals surface area contributed by atoms with E-state index in [2.05, 4.69) is 92.5 Å². The Morgan fingerprint density at radius 1 is 0.696 bits per heavy atom. The van der Waals surface area contributed by atoms with Gasteiger partial charge in [-0.05, 0) is 0 Å². The Bertz CT molecular complexity index is 654. The number of hydrogen-bond donors (Lipinski definition) is 0. The molecule has 0 aromatic rings. The van der Waals surface area contributed by atoms with Gasteiger partial charge in [0.25, 0.3) is 0 Å². The molecule has 0 heterocycles. The zero-order valence-electron chi connectivity index (χ0n) is 15.8. The average Bonchev–Trinajstić information content (AvgIpc) is 3.26. The maximum absolute atomic E-state index is 3.40. The van der Waals surface area contributed by atoms with Gasteiger partial charge in [-0.2, -0.15) is 0 Å². The predicted octanol–water partition coefficient (Wildman–Crippen LogP) is 7.47. The van der Waals surface area contributed by atoms with E-state index in [0.717, 1.165) is 0 Å². The molecule has 0 nitrogen and oxygen atoms in total. The van der Waals surface area contributed by atoms with Gasteiger partial charge in [-0.15, -0.1) is 0 Å². The van der Waals surface area contributed by atoms with E-state index in [0.29, 0.717) is 7.25 Å². The molecule has 3 aliphatic rings. The second kappa shape index (κ2) is 5.16. The van der Waals surface area contributed by atoms with Crippen molar-refractivity contribution in [1.82, 2.24) is 0 Å². The van der Waals surface area contributed by atoms with Gasteiger partial charge in [-0.25, -0.2) is 0 Å². The van der Waals surface area contributed by atoms with Crippen LogP contribution >= 0.6 is 0 Å². The Morgan fingerprint density at radius 3 is 1.30 bits per heavy atom. The number of hydrogen-bond acceptors (Lipinski definition) is 0. The van der Waals surface area contributed by atoms with Crippen molar-refractivity contribution >= 4 is 0 Å². The predicted molar refractivity (Wildman–Crippen MR) is 101 cm³/mol. The van der Waals surface area contributed by atoms with E-state index in [1.807, 2.05) is 0 Å². The van der Waals surface area contributed by atoms with Crippen molar-refractivity contribution < 1.29 is 18.8 Å². The normalized spacial score (nSPS) is 26.0. The molecule has 0 unspecified atom stereocenters. The molecule has 23 heavy (non-hydrogen) atoms. The molecule has 0 aliphatic heterocycles. The van der Waals surface area contributed by atoms with Crippen LogP contribution < -0.4 is 0 Å². The first kappa shape index (κ1) is 17.2. The Hall–Kier alpha value is -0.677. The number of rotatable bonds is 3. The van der Waals surface area contributed by atoms with Crippen LogP contribution in [0.25, 0.3) is 0 Å². The summed E-state index contributed by atoms with van der Waals surface area (Å²) in [6.07, 6.45) is 19.0. The van der Waals surface area contributed by atoms with Crippen molar-refractivity contribution in [2.45, 2.75) is 54.3 Å². The third kappa shape index (κ3) is 1.87.